The van der Waals surface area contributed by atoms with E-state index in [0.29, 0.717) is 6.04 Å². The highest BCUT2D eigenvalue weighted by molar-refractivity contribution is 7.98. The largest absolute Gasteiger partial charge is 0.497 e. The van der Waals surface area contributed by atoms with Crippen LogP contribution < -0.4 is 10.1 Å². The van der Waals surface area contributed by atoms with Crippen molar-refractivity contribution >= 4 is 11.8 Å². The third-order valence-corrected chi connectivity index (χ3v) is 4.18. The first-order chi connectivity index (χ1) is 9.76. The molecule has 0 amide bonds. The number of nitrogens with one attached hydrogen (secondary N) is 1. The molecule has 0 spiro atoms. The third kappa shape index (κ3) is 3.78. The Balaban J connectivity index is 2.14. The summed E-state index contributed by atoms with van der Waals surface area (Å²) in [6.45, 7) is 0. The second kappa shape index (κ2) is 7.36. The van der Waals surface area contributed by atoms with Crippen LogP contribution in [0.3, 0.4) is 0 Å². The molecule has 1 unspecified atom stereocenters. The Hall–Kier alpha value is -1.45. The van der Waals surface area contributed by atoms with Crippen molar-refractivity contribution in [1.29, 1.82) is 0 Å². The minimum Gasteiger partial charge on any atom is -0.497 e. The van der Waals surface area contributed by atoms with Gasteiger partial charge in [-0.05, 0) is 55.1 Å². The maximum Gasteiger partial charge on any atom is 0.119 e. The smallest absolute Gasteiger partial charge is 0.119 e. The first-order valence-corrected chi connectivity index (χ1v) is 7.93. The molecule has 0 heterocycles. The van der Waals surface area contributed by atoms with Crippen LogP contribution in [0.4, 0.5) is 0 Å². The van der Waals surface area contributed by atoms with E-state index in [9.17, 15) is 0 Å². The van der Waals surface area contributed by atoms with Crippen LogP contribution in [-0.2, 0) is 6.42 Å². The molecular formula is C17H21NOS. The van der Waals surface area contributed by atoms with Crippen LogP contribution in [0.2, 0.25) is 0 Å². The first-order valence-electron chi connectivity index (χ1n) is 6.71. The molecule has 0 bridgehead atoms. The molecule has 0 aliphatic rings. The number of thioether (sulfide) groups is 1. The number of rotatable bonds is 6. The molecule has 2 aromatic carbocycles. The highest BCUT2D eigenvalue weighted by Crippen LogP contribution is 2.23. The third-order valence-electron chi connectivity index (χ3n) is 3.44. The van der Waals surface area contributed by atoms with Crippen LogP contribution in [0.15, 0.2) is 53.4 Å². The van der Waals surface area contributed by atoms with Gasteiger partial charge >= 0.3 is 0 Å². The Morgan fingerprint density at radius 3 is 2.50 bits per heavy atom. The van der Waals surface area contributed by atoms with Crippen molar-refractivity contribution in [3.8, 4) is 5.75 Å². The summed E-state index contributed by atoms with van der Waals surface area (Å²) < 4.78 is 5.28. The van der Waals surface area contributed by atoms with Gasteiger partial charge in [0, 0.05) is 10.9 Å². The zero-order valence-corrected chi connectivity index (χ0v) is 13.0. The molecule has 0 aliphatic carbocycles. The molecule has 0 saturated heterocycles. The number of hydrogen-bond donors (Lipinski definition) is 1. The fraction of sp³-hybridized carbons (Fsp3) is 0.294. The van der Waals surface area contributed by atoms with E-state index in [-0.39, 0.29) is 0 Å². The molecule has 0 aromatic heterocycles. The van der Waals surface area contributed by atoms with Crippen molar-refractivity contribution in [2.45, 2.75) is 17.4 Å². The summed E-state index contributed by atoms with van der Waals surface area (Å²) in [6, 6.07) is 17.3. The number of methoxy groups -OCH3 is 1. The second-order valence-corrected chi connectivity index (χ2v) is 5.55. The lowest BCUT2D eigenvalue weighted by molar-refractivity contribution is 0.414. The zero-order valence-electron chi connectivity index (χ0n) is 12.2. The monoisotopic (exact) mass is 287 g/mol. The Kier molecular flexibility index (Phi) is 5.50. The number of likely N-dealkylation sites (N-methyl/N-ethyl adjacent to an activating group) is 1. The van der Waals surface area contributed by atoms with E-state index in [1.54, 1.807) is 18.9 Å². The molecule has 0 aliphatic heterocycles. The van der Waals surface area contributed by atoms with E-state index in [1.165, 1.54) is 16.0 Å². The van der Waals surface area contributed by atoms with Crippen LogP contribution in [0.5, 0.6) is 5.75 Å². The fourth-order valence-electron chi connectivity index (χ4n) is 2.26. The molecule has 2 nitrogen and oxygen atoms in total. The van der Waals surface area contributed by atoms with Crippen molar-refractivity contribution in [3.05, 3.63) is 59.7 Å². The maximum atomic E-state index is 5.28. The Morgan fingerprint density at radius 1 is 1.15 bits per heavy atom. The van der Waals surface area contributed by atoms with E-state index in [1.807, 2.05) is 19.2 Å². The normalized spacial score (nSPS) is 12.2. The van der Waals surface area contributed by atoms with E-state index < -0.39 is 0 Å². The quantitative estimate of drug-likeness (QED) is 0.814. The van der Waals surface area contributed by atoms with E-state index in [0.717, 1.165) is 12.2 Å². The van der Waals surface area contributed by atoms with Gasteiger partial charge in [-0.2, -0.15) is 0 Å². The SMILES string of the molecule is CNC(Cc1cccc(OC)c1)c1ccc(SC)cc1. The van der Waals surface area contributed by atoms with Crippen molar-refractivity contribution < 1.29 is 4.74 Å². The van der Waals surface area contributed by atoms with Crippen LogP contribution in [0.1, 0.15) is 17.2 Å². The molecule has 1 N–H and O–H groups in total. The lowest BCUT2D eigenvalue weighted by Gasteiger charge is -2.17. The minimum absolute atomic E-state index is 0.318. The Morgan fingerprint density at radius 2 is 1.90 bits per heavy atom. The zero-order chi connectivity index (χ0) is 14.4. The van der Waals surface area contributed by atoms with Crippen molar-refractivity contribution in [3.63, 3.8) is 0 Å². The summed E-state index contributed by atoms with van der Waals surface area (Å²) in [4.78, 5) is 1.30. The summed E-state index contributed by atoms with van der Waals surface area (Å²) in [6.07, 6.45) is 3.05. The molecule has 3 heteroatoms. The number of ether oxygens (including phenoxy) is 1. The fourth-order valence-corrected chi connectivity index (χ4v) is 2.67. The predicted octanol–water partition coefficient (Wildman–Crippen LogP) is 3.92. The molecule has 1 atom stereocenters. The van der Waals surface area contributed by atoms with Crippen LogP contribution in [0.25, 0.3) is 0 Å². The topological polar surface area (TPSA) is 21.3 Å². The lowest BCUT2D eigenvalue weighted by Crippen LogP contribution is -2.18. The molecule has 106 valence electrons. The van der Waals surface area contributed by atoms with Gasteiger partial charge in [-0.25, -0.2) is 0 Å². The highest BCUT2D eigenvalue weighted by Gasteiger charge is 2.10. The highest BCUT2D eigenvalue weighted by atomic mass is 32.2. The number of hydrogen-bond acceptors (Lipinski definition) is 3. The van der Waals surface area contributed by atoms with Gasteiger partial charge in [-0.1, -0.05) is 24.3 Å². The molecule has 0 fully saturated rings. The van der Waals surface area contributed by atoms with Crippen molar-refractivity contribution in [2.75, 3.05) is 20.4 Å². The molecule has 20 heavy (non-hydrogen) atoms. The summed E-state index contributed by atoms with van der Waals surface area (Å²) in [5.74, 6) is 0.912. The van der Waals surface area contributed by atoms with Gasteiger partial charge in [0.15, 0.2) is 0 Å². The molecule has 2 aromatic rings. The van der Waals surface area contributed by atoms with Crippen molar-refractivity contribution in [2.24, 2.45) is 0 Å². The van der Waals surface area contributed by atoms with Gasteiger partial charge in [-0.3, -0.25) is 0 Å². The molecule has 0 radical (unpaired) electrons. The summed E-state index contributed by atoms with van der Waals surface area (Å²) in [5, 5.41) is 3.39. The van der Waals surface area contributed by atoms with E-state index in [2.05, 4.69) is 48.0 Å². The Bertz CT molecular complexity index is 539. The summed E-state index contributed by atoms with van der Waals surface area (Å²) in [5.41, 5.74) is 2.59. The average molecular weight is 287 g/mol. The van der Waals surface area contributed by atoms with Gasteiger partial charge in [0.1, 0.15) is 5.75 Å². The summed E-state index contributed by atoms with van der Waals surface area (Å²) in [7, 11) is 3.71. The standard InChI is InChI=1S/C17H21NOS/c1-18-17(14-7-9-16(20-3)10-8-14)12-13-5-4-6-15(11-13)19-2/h4-11,17-18H,12H2,1-3H3. The van der Waals surface area contributed by atoms with E-state index in [4.69, 9.17) is 4.74 Å². The first kappa shape index (κ1) is 14.9. The van der Waals surface area contributed by atoms with Gasteiger partial charge in [-0.15, -0.1) is 11.8 Å². The summed E-state index contributed by atoms with van der Waals surface area (Å²) >= 11 is 1.77. The average Bonchev–Trinajstić information content (AvgIpc) is 2.53. The predicted molar refractivity (Wildman–Crippen MR) is 86.7 cm³/mol. The second-order valence-electron chi connectivity index (χ2n) is 4.67. The van der Waals surface area contributed by atoms with Gasteiger partial charge in [0.05, 0.1) is 7.11 Å². The van der Waals surface area contributed by atoms with Crippen LogP contribution >= 0.6 is 11.8 Å². The van der Waals surface area contributed by atoms with Crippen LogP contribution in [-0.4, -0.2) is 20.4 Å². The number of benzene rings is 2. The molecule has 0 saturated carbocycles. The maximum absolute atomic E-state index is 5.28. The Labute approximate surface area is 125 Å². The molecular weight excluding hydrogens is 266 g/mol. The van der Waals surface area contributed by atoms with Crippen LogP contribution in [0, 0.1) is 0 Å². The van der Waals surface area contributed by atoms with Crippen molar-refractivity contribution in [1.82, 2.24) is 5.32 Å². The van der Waals surface area contributed by atoms with Gasteiger partial charge in [0.25, 0.3) is 0 Å². The van der Waals surface area contributed by atoms with Gasteiger partial charge < -0.3 is 10.1 Å². The minimum atomic E-state index is 0.318. The lowest BCUT2D eigenvalue weighted by atomic mass is 9.99. The van der Waals surface area contributed by atoms with Gasteiger partial charge in [0.2, 0.25) is 0 Å². The van der Waals surface area contributed by atoms with E-state index >= 15 is 0 Å². The molecule has 2 rings (SSSR count).